The zero-order chi connectivity index (χ0) is 8.18. The Hall–Kier alpha value is 0.690. The molecule has 2 aliphatic carbocycles. The molecule has 0 spiro atoms. The summed E-state index contributed by atoms with van der Waals surface area (Å²) in [4.78, 5) is 0. The Balaban J connectivity index is 1.90. The predicted octanol–water partition coefficient (Wildman–Crippen LogP) is 2.34. The molecule has 1 N–H and O–H groups in total. The molecule has 2 saturated carbocycles. The summed E-state index contributed by atoms with van der Waals surface area (Å²) in [5, 5.41) is 3.87. The lowest BCUT2D eigenvalue weighted by atomic mass is 9.60. The fraction of sp³-hybridized carbons (Fsp3) is 1.00. The summed E-state index contributed by atoms with van der Waals surface area (Å²) in [6.07, 6.45) is 7.46. The van der Waals surface area contributed by atoms with Crippen LogP contribution in [0.3, 0.4) is 0 Å². The van der Waals surface area contributed by atoms with Gasteiger partial charge in [-0.2, -0.15) is 0 Å². The summed E-state index contributed by atoms with van der Waals surface area (Å²) in [7, 11) is 0. The molecular formula is C10H16IN. The lowest BCUT2D eigenvalue weighted by Gasteiger charge is -2.57. The van der Waals surface area contributed by atoms with Gasteiger partial charge in [0.15, 0.2) is 0 Å². The van der Waals surface area contributed by atoms with Crippen molar-refractivity contribution in [1.82, 2.24) is 5.32 Å². The summed E-state index contributed by atoms with van der Waals surface area (Å²) in [6, 6.07) is 0.894. The van der Waals surface area contributed by atoms with Crippen LogP contribution >= 0.6 is 22.6 Å². The maximum Gasteiger partial charge on any atom is 0.0278 e. The Labute approximate surface area is 87.8 Å². The van der Waals surface area contributed by atoms with E-state index in [0.29, 0.717) is 5.54 Å². The molecule has 0 aromatic carbocycles. The summed E-state index contributed by atoms with van der Waals surface area (Å²) in [5.74, 6) is 2.16. The minimum Gasteiger partial charge on any atom is -0.308 e. The number of alkyl halides is 1. The van der Waals surface area contributed by atoms with E-state index in [9.17, 15) is 0 Å². The Morgan fingerprint density at radius 2 is 1.83 bits per heavy atom. The average Bonchev–Trinajstić information content (AvgIpc) is 2.02. The SMILES string of the molecule is ICC12C[C@@H]3CC(C[C@@H](C3)C1)N2. The van der Waals surface area contributed by atoms with E-state index in [-0.39, 0.29) is 0 Å². The maximum atomic E-state index is 3.87. The Morgan fingerprint density at radius 1 is 1.17 bits per heavy atom. The number of rotatable bonds is 1. The third kappa shape index (κ3) is 1.07. The van der Waals surface area contributed by atoms with E-state index in [1.54, 1.807) is 6.42 Å². The second kappa shape index (κ2) is 2.59. The fourth-order valence-corrected chi connectivity index (χ4v) is 4.75. The highest BCUT2D eigenvalue weighted by atomic mass is 127. The van der Waals surface area contributed by atoms with Gasteiger partial charge in [-0.15, -0.1) is 0 Å². The molecule has 2 heteroatoms. The molecular weight excluding hydrogens is 261 g/mol. The van der Waals surface area contributed by atoms with Crippen molar-refractivity contribution in [3.63, 3.8) is 0 Å². The van der Waals surface area contributed by atoms with Gasteiger partial charge in [0, 0.05) is 16.0 Å². The van der Waals surface area contributed by atoms with Crippen LogP contribution in [0.2, 0.25) is 0 Å². The normalized spacial score (nSPS) is 56.2. The molecule has 4 bridgehead atoms. The number of nitrogens with one attached hydrogen (secondary N) is 1. The molecule has 2 heterocycles. The van der Waals surface area contributed by atoms with Crippen molar-refractivity contribution in [3.05, 3.63) is 0 Å². The van der Waals surface area contributed by atoms with Crippen molar-refractivity contribution in [2.75, 3.05) is 4.43 Å². The van der Waals surface area contributed by atoms with Crippen molar-refractivity contribution in [2.45, 2.75) is 43.7 Å². The van der Waals surface area contributed by atoms with Gasteiger partial charge in [-0.3, -0.25) is 0 Å². The molecule has 4 fully saturated rings. The maximum absolute atomic E-state index is 3.87. The molecule has 4 rings (SSSR count). The third-order valence-electron chi connectivity index (χ3n) is 4.03. The number of hydrogen-bond acceptors (Lipinski definition) is 1. The van der Waals surface area contributed by atoms with Crippen molar-refractivity contribution >= 4 is 22.6 Å². The van der Waals surface area contributed by atoms with Crippen LogP contribution in [0.5, 0.6) is 0 Å². The molecule has 0 aromatic heterocycles. The standard InChI is InChI=1S/C10H16IN/c11-6-10-4-7-1-8(5-10)3-9(2-7)12-10/h7-9,12H,1-6H2/t7-,8+,9?,10?. The van der Waals surface area contributed by atoms with E-state index in [2.05, 4.69) is 27.9 Å². The van der Waals surface area contributed by atoms with E-state index in [4.69, 9.17) is 0 Å². The van der Waals surface area contributed by atoms with Crippen LogP contribution in [-0.4, -0.2) is 16.0 Å². The van der Waals surface area contributed by atoms with Crippen molar-refractivity contribution in [3.8, 4) is 0 Å². The Morgan fingerprint density at radius 3 is 2.33 bits per heavy atom. The molecule has 2 saturated heterocycles. The average molecular weight is 277 g/mol. The van der Waals surface area contributed by atoms with Gasteiger partial charge in [-0.1, -0.05) is 22.6 Å². The van der Waals surface area contributed by atoms with Crippen LogP contribution in [0.15, 0.2) is 0 Å². The first-order valence-electron chi connectivity index (χ1n) is 5.13. The second-order valence-electron chi connectivity index (χ2n) is 5.10. The molecule has 12 heavy (non-hydrogen) atoms. The first kappa shape index (κ1) is 8.04. The summed E-state index contributed by atoms with van der Waals surface area (Å²) < 4.78 is 1.33. The van der Waals surface area contributed by atoms with E-state index in [1.807, 2.05) is 0 Å². The van der Waals surface area contributed by atoms with Gasteiger partial charge in [-0.25, -0.2) is 0 Å². The fourth-order valence-electron chi connectivity index (χ4n) is 3.90. The summed E-state index contributed by atoms with van der Waals surface area (Å²) >= 11 is 2.57. The minimum atomic E-state index is 0.579. The number of piperidine rings is 2. The predicted molar refractivity (Wildman–Crippen MR) is 58.6 cm³/mol. The number of hydrogen-bond donors (Lipinski definition) is 1. The van der Waals surface area contributed by atoms with E-state index in [1.165, 1.54) is 30.1 Å². The van der Waals surface area contributed by atoms with Crippen LogP contribution in [-0.2, 0) is 0 Å². The van der Waals surface area contributed by atoms with Crippen molar-refractivity contribution in [1.29, 1.82) is 0 Å². The smallest absolute Gasteiger partial charge is 0.0278 e. The summed E-state index contributed by atoms with van der Waals surface area (Å²) in [5.41, 5.74) is 0.579. The van der Waals surface area contributed by atoms with Crippen LogP contribution < -0.4 is 5.32 Å². The Bertz CT molecular complexity index is 167. The highest BCUT2D eigenvalue weighted by molar-refractivity contribution is 14.1. The molecule has 68 valence electrons. The molecule has 0 amide bonds. The molecule has 0 aromatic rings. The lowest BCUT2D eigenvalue weighted by molar-refractivity contribution is 0.0118. The van der Waals surface area contributed by atoms with Crippen molar-refractivity contribution in [2.24, 2.45) is 11.8 Å². The van der Waals surface area contributed by atoms with Gasteiger partial charge in [-0.05, 0) is 43.9 Å². The second-order valence-corrected chi connectivity index (χ2v) is 5.87. The topological polar surface area (TPSA) is 12.0 Å². The number of halogens is 1. The quantitative estimate of drug-likeness (QED) is 0.573. The minimum absolute atomic E-state index is 0.579. The van der Waals surface area contributed by atoms with E-state index < -0.39 is 0 Å². The Kier molecular flexibility index (Phi) is 1.74. The van der Waals surface area contributed by atoms with Crippen LogP contribution in [0.4, 0.5) is 0 Å². The summed E-state index contributed by atoms with van der Waals surface area (Å²) in [6.45, 7) is 0. The molecule has 0 radical (unpaired) electrons. The van der Waals surface area contributed by atoms with E-state index in [0.717, 1.165) is 17.9 Å². The third-order valence-corrected chi connectivity index (χ3v) is 5.49. The van der Waals surface area contributed by atoms with Crippen LogP contribution in [0.25, 0.3) is 0 Å². The lowest BCUT2D eigenvalue weighted by Crippen LogP contribution is -2.64. The zero-order valence-electron chi connectivity index (χ0n) is 7.35. The van der Waals surface area contributed by atoms with Gasteiger partial charge in [0.2, 0.25) is 0 Å². The van der Waals surface area contributed by atoms with Gasteiger partial charge in [0.25, 0.3) is 0 Å². The zero-order valence-corrected chi connectivity index (χ0v) is 9.51. The molecule has 2 unspecified atom stereocenters. The molecule has 4 atom stereocenters. The molecule has 4 aliphatic rings. The van der Waals surface area contributed by atoms with Gasteiger partial charge in [0.1, 0.15) is 0 Å². The molecule has 1 nitrogen and oxygen atoms in total. The first-order valence-corrected chi connectivity index (χ1v) is 6.66. The van der Waals surface area contributed by atoms with Gasteiger partial charge >= 0.3 is 0 Å². The monoisotopic (exact) mass is 277 g/mol. The van der Waals surface area contributed by atoms with Crippen LogP contribution in [0.1, 0.15) is 32.1 Å². The first-order chi connectivity index (χ1) is 5.80. The van der Waals surface area contributed by atoms with Gasteiger partial charge < -0.3 is 5.32 Å². The van der Waals surface area contributed by atoms with Crippen molar-refractivity contribution < 1.29 is 0 Å². The largest absolute Gasteiger partial charge is 0.308 e. The highest BCUT2D eigenvalue weighted by Crippen LogP contribution is 2.49. The van der Waals surface area contributed by atoms with Crippen LogP contribution in [0, 0.1) is 11.8 Å². The van der Waals surface area contributed by atoms with Gasteiger partial charge in [0.05, 0.1) is 0 Å². The van der Waals surface area contributed by atoms with E-state index >= 15 is 0 Å². The highest BCUT2D eigenvalue weighted by Gasteiger charge is 2.49. The molecule has 2 aliphatic heterocycles.